The first-order valence-corrected chi connectivity index (χ1v) is 7.29. The van der Waals surface area contributed by atoms with Crippen LogP contribution in [0.15, 0.2) is 42.5 Å². The van der Waals surface area contributed by atoms with Crippen molar-refractivity contribution in [3.05, 3.63) is 53.6 Å². The van der Waals surface area contributed by atoms with Crippen molar-refractivity contribution in [3.63, 3.8) is 0 Å². The molecule has 0 atom stereocenters. The average molecular weight is 307 g/mol. The van der Waals surface area contributed by atoms with Gasteiger partial charge in [0.25, 0.3) is 0 Å². The van der Waals surface area contributed by atoms with Gasteiger partial charge in [-0.05, 0) is 23.3 Å². The second-order valence-electron chi connectivity index (χ2n) is 4.55. The Morgan fingerprint density at radius 1 is 0.905 bits per heavy atom. The molecule has 112 valence electrons. The third-order valence-corrected chi connectivity index (χ3v) is 3.46. The number of methoxy groups -OCH3 is 2. The minimum Gasteiger partial charge on any atom is -0.493 e. The lowest BCUT2D eigenvalue weighted by Gasteiger charge is -2.15. The molecule has 0 saturated carbocycles. The van der Waals surface area contributed by atoms with Crippen LogP contribution in [0.5, 0.6) is 17.2 Å². The lowest BCUT2D eigenvalue weighted by Crippen LogP contribution is -2.04. The fraction of sp³-hybridized carbons (Fsp3) is 0.294. The van der Waals surface area contributed by atoms with Gasteiger partial charge in [0, 0.05) is 12.3 Å². The normalized spacial score (nSPS) is 10.2. The SMILES string of the molecule is COc1cc(CCl)cc(OC)c1OCCc1ccccc1. The number of rotatable bonds is 7. The van der Waals surface area contributed by atoms with Gasteiger partial charge < -0.3 is 14.2 Å². The number of hydrogen-bond acceptors (Lipinski definition) is 3. The molecule has 2 aromatic carbocycles. The van der Waals surface area contributed by atoms with Crippen LogP contribution in [0, 0.1) is 0 Å². The smallest absolute Gasteiger partial charge is 0.203 e. The van der Waals surface area contributed by atoms with Crippen LogP contribution in [0.3, 0.4) is 0 Å². The summed E-state index contributed by atoms with van der Waals surface area (Å²) >= 11 is 5.87. The molecule has 2 rings (SSSR count). The van der Waals surface area contributed by atoms with Crippen molar-refractivity contribution in [2.24, 2.45) is 0 Å². The molecule has 21 heavy (non-hydrogen) atoms. The highest BCUT2D eigenvalue weighted by molar-refractivity contribution is 6.17. The van der Waals surface area contributed by atoms with E-state index in [-0.39, 0.29) is 0 Å². The van der Waals surface area contributed by atoms with E-state index in [9.17, 15) is 0 Å². The Labute approximate surface area is 130 Å². The van der Waals surface area contributed by atoms with E-state index in [4.69, 9.17) is 25.8 Å². The minimum absolute atomic E-state index is 0.400. The zero-order valence-electron chi connectivity index (χ0n) is 12.3. The molecule has 0 fully saturated rings. The molecule has 0 aromatic heterocycles. The molecule has 2 aromatic rings. The molecule has 0 saturated heterocycles. The maximum absolute atomic E-state index is 5.87. The predicted octanol–water partition coefficient (Wildman–Crippen LogP) is 4.06. The van der Waals surface area contributed by atoms with Crippen molar-refractivity contribution in [1.29, 1.82) is 0 Å². The summed E-state index contributed by atoms with van der Waals surface area (Å²) in [6.07, 6.45) is 0.824. The summed E-state index contributed by atoms with van der Waals surface area (Å²) in [5.74, 6) is 2.29. The Bertz CT molecular complexity index is 544. The van der Waals surface area contributed by atoms with Crippen LogP contribution in [0.4, 0.5) is 0 Å². The van der Waals surface area contributed by atoms with Crippen LogP contribution in [0.1, 0.15) is 11.1 Å². The van der Waals surface area contributed by atoms with Gasteiger partial charge in [0.2, 0.25) is 5.75 Å². The molecule has 4 heteroatoms. The summed E-state index contributed by atoms with van der Waals surface area (Å²) in [5, 5.41) is 0. The van der Waals surface area contributed by atoms with Gasteiger partial charge in [0.15, 0.2) is 11.5 Å². The van der Waals surface area contributed by atoms with Crippen molar-refractivity contribution < 1.29 is 14.2 Å². The lowest BCUT2D eigenvalue weighted by molar-refractivity contribution is 0.277. The lowest BCUT2D eigenvalue weighted by atomic mass is 10.1. The third kappa shape index (κ3) is 4.05. The van der Waals surface area contributed by atoms with E-state index in [1.807, 2.05) is 30.3 Å². The zero-order valence-corrected chi connectivity index (χ0v) is 13.0. The molecular formula is C17H19ClO3. The van der Waals surface area contributed by atoms with E-state index in [2.05, 4.69) is 12.1 Å². The minimum atomic E-state index is 0.400. The summed E-state index contributed by atoms with van der Waals surface area (Å²) in [5.41, 5.74) is 2.16. The monoisotopic (exact) mass is 306 g/mol. The Morgan fingerprint density at radius 3 is 2.05 bits per heavy atom. The number of ether oxygens (including phenoxy) is 3. The van der Waals surface area contributed by atoms with Gasteiger partial charge >= 0.3 is 0 Å². The Hall–Kier alpha value is -1.87. The third-order valence-electron chi connectivity index (χ3n) is 3.15. The Balaban J connectivity index is 2.11. The first-order valence-electron chi connectivity index (χ1n) is 6.76. The van der Waals surface area contributed by atoms with Crippen LogP contribution in [0.2, 0.25) is 0 Å². The van der Waals surface area contributed by atoms with Crippen LogP contribution in [-0.2, 0) is 12.3 Å². The van der Waals surface area contributed by atoms with Crippen molar-refractivity contribution in [3.8, 4) is 17.2 Å². The first-order chi connectivity index (χ1) is 10.3. The standard InChI is InChI=1S/C17H19ClO3/c1-19-15-10-14(12-18)11-16(20-2)17(15)21-9-8-13-6-4-3-5-7-13/h3-7,10-11H,8-9,12H2,1-2H3. The molecular weight excluding hydrogens is 288 g/mol. The highest BCUT2D eigenvalue weighted by atomic mass is 35.5. The molecule has 0 heterocycles. The maximum Gasteiger partial charge on any atom is 0.203 e. The van der Waals surface area contributed by atoms with E-state index in [1.165, 1.54) is 5.56 Å². The topological polar surface area (TPSA) is 27.7 Å². The van der Waals surface area contributed by atoms with Crippen molar-refractivity contribution in [2.75, 3.05) is 20.8 Å². The van der Waals surface area contributed by atoms with Gasteiger partial charge in [-0.2, -0.15) is 0 Å². The Kier molecular flexibility index (Phi) is 5.76. The molecule has 0 aliphatic rings. The van der Waals surface area contributed by atoms with Crippen LogP contribution in [0.25, 0.3) is 0 Å². The van der Waals surface area contributed by atoms with E-state index in [0.29, 0.717) is 29.7 Å². The van der Waals surface area contributed by atoms with E-state index >= 15 is 0 Å². The maximum atomic E-state index is 5.87. The molecule has 0 spiro atoms. The van der Waals surface area contributed by atoms with Gasteiger partial charge in [0.05, 0.1) is 20.8 Å². The second-order valence-corrected chi connectivity index (χ2v) is 4.81. The Morgan fingerprint density at radius 2 is 1.52 bits per heavy atom. The number of hydrogen-bond donors (Lipinski definition) is 0. The summed E-state index contributed by atoms with van der Waals surface area (Å²) in [4.78, 5) is 0. The summed E-state index contributed by atoms with van der Waals surface area (Å²) < 4.78 is 16.6. The molecule has 0 N–H and O–H groups in total. The quantitative estimate of drug-likeness (QED) is 0.722. The zero-order chi connectivity index (χ0) is 15.1. The van der Waals surface area contributed by atoms with E-state index < -0.39 is 0 Å². The predicted molar refractivity (Wildman–Crippen MR) is 84.7 cm³/mol. The number of halogens is 1. The van der Waals surface area contributed by atoms with Gasteiger partial charge in [-0.3, -0.25) is 0 Å². The van der Waals surface area contributed by atoms with Crippen molar-refractivity contribution in [2.45, 2.75) is 12.3 Å². The number of benzene rings is 2. The largest absolute Gasteiger partial charge is 0.493 e. The fourth-order valence-corrected chi connectivity index (χ4v) is 2.22. The van der Waals surface area contributed by atoms with E-state index in [1.54, 1.807) is 14.2 Å². The molecule has 0 bridgehead atoms. The number of alkyl halides is 1. The van der Waals surface area contributed by atoms with E-state index in [0.717, 1.165) is 12.0 Å². The average Bonchev–Trinajstić information content (AvgIpc) is 2.55. The second kappa shape index (κ2) is 7.79. The molecule has 0 amide bonds. The van der Waals surface area contributed by atoms with Crippen LogP contribution in [-0.4, -0.2) is 20.8 Å². The fourth-order valence-electron chi connectivity index (χ4n) is 2.07. The highest BCUT2D eigenvalue weighted by Crippen LogP contribution is 2.39. The van der Waals surface area contributed by atoms with Crippen molar-refractivity contribution >= 4 is 11.6 Å². The van der Waals surface area contributed by atoms with Gasteiger partial charge in [0.1, 0.15) is 0 Å². The summed E-state index contributed by atoms with van der Waals surface area (Å²) in [6.45, 7) is 0.553. The van der Waals surface area contributed by atoms with Gasteiger partial charge in [-0.15, -0.1) is 11.6 Å². The molecule has 0 aliphatic heterocycles. The van der Waals surface area contributed by atoms with Crippen LogP contribution < -0.4 is 14.2 Å². The summed E-state index contributed by atoms with van der Waals surface area (Å²) in [7, 11) is 3.22. The molecule has 0 aliphatic carbocycles. The molecule has 0 unspecified atom stereocenters. The summed E-state index contributed by atoms with van der Waals surface area (Å²) in [6, 6.07) is 13.9. The molecule has 3 nitrogen and oxygen atoms in total. The first kappa shape index (κ1) is 15.5. The molecule has 0 radical (unpaired) electrons. The van der Waals surface area contributed by atoms with Gasteiger partial charge in [-0.25, -0.2) is 0 Å². The van der Waals surface area contributed by atoms with Crippen LogP contribution >= 0.6 is 11.6 Å². The van der Waals surface area contributed by atoms with Crippen molar-refractivity contribution in [1.82, 2.24) is 0 Å². The highest BCUT2D eigenvalue weighted by Gasteiger charge is 2.13. The van der Waals surface area contributed by atoms with Gasteiger partial charge in [-0.1, -0.05) is 30.3 Å².